The summed E-state index contributed by atoms with van der Waals surface area (Å²) in [5, 5.41) is 8.43. The molecular formula is C20H26N4O. The predicted molar refractivity (Wildman–Crippen MR) is 99.9 cm³/mol. The number of anilines is 1. The van der Waals surface area contributed by atoms with Crippen molar-refractivity contribution in [3.05, 3.63) is 52.7 Å². The third-order valence-corrected chi connectivity index (χ3v) is 5.09. The first-order chi connectivity index (χ1) is 12.0. The van der Waals surface area contributed by atoms with E-state index >= 15 is 0 Å². The molecular weight excluding hydrogens is 312 g/mol. The summed E-state index contributed by atoms with van der Waals surface area (Å²) >= 11 is 0. The molecule has 1 saturated heterocycles. The number of hydrogen-bond acceptors (Lipinski definition) is 4. The van der Waals surface area contributed by atoms with Gasteiger partial charge in [-0.05, 0) is 56.9 Å². The van der Waals surface area contributed by atoms with E-state index in [2.05, 4.69) is 47.1 Å². The lowest BCUT2D eigenvalue weighted by atomic mass is 9.99. The summed E-state index contributed by atoms with van der Waals surface area (Å²) in [5.74, 6) is 0.758. The van der Waals surface area contributed by atoms with Crippen molar-refractivity contribution < 1.29 is 4.79 Å². The van der Waals surface area contributed by atoms with Gasteiger partial charge >= 0.3 is 0 Å². The zero-order valence-corrected chi connectivity index (χ0v) is 15.5. The highest BCUT2D eigenvalue weighted by Crippen LogP contribution is 2.25. The maximum atomic E-state index is 12.8. The lowest BCUT2D eigenvalue weighted by molar-refractivity contribution is 0.0735. The van der Waals surface area contributed by atoms with E-state index in [-0.39, 0.29) is 11.9 Å². The van der Waals surface area contributed by atoms with Gasteiger partial charge in [0, 0.05) is 20.1 Å². The maximum Gasteiger partial charge on any atom is 0.274 e. The first kappa shape index (κ1) is 17.4. The number of amides is 1. The van der Waals surface area contributed by atoms with Gasteiger partial charge in [0.25, 0.3) is 5.91 Å². The van der Waals surface area contributed by atoms with E-state index in [9.17, 15) is 4.79 Å². The normalized spacial score (nSPS) is 15.3. The summed E-state index contributed by atoms with van der Waals surface area (Å²) in [6.07, 6.45) is 2.39. The zero-order valence-electron chi connectivity index (χ0n) is 15.5. The number of benzene rings is 1. The van der Waals surface area contributed by atoms with Gasteiger partial charge in [-0.1, -0.05) is 23.8 Å². The molecule has 0 spiro atoms. The summed E-state index contributed by atoms with van der Waals surface area (Å²) in [4.78, 5) is 16.7. The Hall–Kier alpha value is -2.43. The van der Waals surface area contributed by atoms with E-state index in [1.165, 1.54) is 24.0 Å². The van der Waals surface area contributed by atoms with Crippen molar-refractivity contribution in [1.29, 1.82) is 0 Å². The van der Waals surface area contributed by atoms with Crippen LogP contribution in [0.1, 0.15) is 53.0 Å². The van der Waals surface area contributed by atoms with Crippen LogP contribution in [0.2, 0.25) is 0 Å². The number of rotatable bonds is 4. The van der Waals surface area contributed by atoms with E-state index in [4.69, 9.17) is 0 Å². The fourth-order valence-electron chi connectivity index (χ4n) is 3.33. The van der Waals surface area contributed by atoms with Gasteiger partial charge in [0.1, 0.15) is 0 Å². The first-order valence-corrected chi connectivity index (χ1v) is 8.90. The molecule has 2 aromatic rings. The average molecular weight is 338 g/mol. The van der Waals surface area contributed by atoms with Crippen molar-refractivity contribution in [1.82, 2.24) is 15.1 Å². The van der Waals surface area contributed by atoms with E-state index in [1.807, 2.05) is 20.0 Å². The number of aromatic nitrogens is 2. The SMILES string of the molecule is Cc1ccc(C)c([C@@H](C)N(C)C(=O)c2ccc(N3CCCC3)nn2)c1. The minimum absolute atomic E-state index is 0.0209. The number of carbonyl (C=O) groups excluding carboxylic acids is 1. The molecule has 0 radical (unpaired) electrons. The Bertz CT molecular complexity index is 751. The van der Waals surface area contributed by atoms with Gasteiger partial charge in [0.2, 0.25) is 0 Å². The number of nitrogens with zero attached hydrogens (tertiary/aromatic N) is 4. The summed E-state index contributed by atoms with van der Waals surface area (Å²) in [6, 6.07) is 10.0. The van der Waals surface area contributed by atoms with Crippen LogP contribution in [0.15, 0.2) is 30.3 Å². The highest BCUT2D eigenvalue weighted by Gasteiger charge is 2.22. The summed E-state index contributed by atoms with van der Waals surface area (Å²) in [7, 11) is 1.82. The number of aryl methyl sites for hydroxylation is 2. The van der Waals surface area contributed by atoms with Crippen LogP contribution in [-0.4, -0.2) is 41.1 Å². The van der Waals surface area contributed by atoms with E-state index in [0.29, 0.717) is 5.69 Å². The van der Waals surface area contributed by atoms with Crippen LogP contribution in [0.4, 0.5) is 5.82 Å². The third kappa shape index (κ3) is 3.65. The molecule has 1 aliphatic rings. The molecule has 1 amide bonds. The van der Waals surface area contributed by atoms with Gasteiger partial charge in [-0.25, -0.2) is 0 Å². The average Bonchev–Trinajstić information content (AvgIpc) is 3.16. The molecule has 1 aromatic carbocycles. The molecule has 0 aliphatic carbocycles. The smallest absolute Gasteiger partial charge is 0.274 e. The minimum Gasteiger partial charge on any atom is -0.355 e. The second-order valence-corrected chi connectivity index (χ2v) is 6.92. The Morgan fingerprint density at radius 2 is 1.84 bits per heavy atom. The molecule has 1 aliphatic heterocycles. The van der Waals surface area contributed by atoms with Gasteiger partial charge in [-0.2, -0.15) is 0 Å². The quantitative estimate of drug-likeness (QED) is 0.856. The van der Waals surface area contributed by atoms with Crippen molar-refractivity contribution in [3.63, 3.8) is 0 Å². The van der Waals surface area contributed by atoms with Gasteiger partial charge < -0.3 is 9.80 Å². The van der Waals surface area contributed by atoms with Gasteiger partial charge in [0.15, 0.2) is 11.5 Å². The van der Waals surface area contributed by atoms with Crippen molar-refractivity contribution in [2.24, 2.45) is 0 Å². The molecule has 25 heavy (non-hydrogen) atoms. The van der Waals surface area contributed by atoms with Gasteiger partial charge in [0.05, 0.1) is 6.04 Å². The summed E-state index contributed by atoms with van der Waals surface area (Å²) in [6.45, 7) is 8.23. The third-order valence-electron chi connectivity index (χ3n) is 5.09. The highest BCUT2D eigenvalue weighted by atomic mass is 16.2. The molecule has 0 unspecified atom stereocenters. The molecule has 0 bridgehead atoms. The van der Waals surface area contributed by atoms with Crippen molar-refractivity contribution in [3.8, 4) is 0 Å². The molecule has 1 fully saturated rings. The van der Waals surface area contributed by atoms with Crippen LogP contribution < -0.4 is 4.90 Å². The fourth-order valence-corrected chi connectivity index (χ4v) is 3.33. The molecule has 5 heteroatoms. The standard InChI is InChI=1S/C20H26N4O/c1-14-7-8-15(2)17(13-14)16(3)23(4)20(25)18-9-10-19(22-21-18)24-11-5-6-12-24/h7-10,13,16H,5-6,11-12H2,1-4H3/t16-/m1/s1. The van der Waals surface area contributed by atoms with E-state index in [1.54, 1.807) is 11.0 Å². The van der Waals surface area contributed by atoms with Crippen LogP contribution >= 0.6 is 0 Å². The fraction of sp³-hybridized carbons (Fsp3) is 0.450. The van der Waals surface area contributed by atoms with Crippen LogP contribution in [0.3, 0.4) is 0 Å². The van der Waals surface area contributed by atoms with Gasteiger partial charge in [-0.3, -0.25) is 4.79 Å². The Morgan fingerprint density at radius 3 is 2.48 bits per heavy atom. The van der Waals surface area contributed by atoms with Crippen molar-refractivity contribution in [2.75, 3.05) is 25.0 Å². The largest absolute Gasteiger partial charge is 0.355 e. The zero-order chi connectivity index (χ0) is 18.0. The molecule has 2 heterocycles. The lowest BCUT2D eigenvalue weighted by Crippen LogP contribution is -2.31. The second-order valence-electron chi connectivity index (χ2n) is 6.92. The molecule has 132 valence electrons. The number of hydrogen-bond donors (Lipinski definition) is 0. The van der Waals surface area contributed by atoms with E-state index in [0.717, 1.165) is 24.5 Å². The molecule has 3 rings (SSSR count). The van der Waals surface area contributed by atoms with Crippen molar-refractivity contribution >= 4 is 11.7 Å². The predicted octanol–water partition coefficient (Wildman–Crippen LogP) is 3.53. The Labute approximate surface area is 149 Å². The topological polar surface area (TPSA) is 49.3 Å². The Morgan fingerprint density at radius 1 is 1.12 bits per heavy atom. The monoisotopic (exact) mass is 338 g/mol. The van der Waals surface area contributed by atoms with Crippen LogP contribution in [-0.2, 0) is 0 Å². The van der Waals surface area contributed by atoms with Crippen LogP contribution in [0.5, 0.6) is 0 Å². The molecule has 1 atom stereocenters. The van der Waals surface area contributed by atoms with Crippen molar-refractivity contribution in [2.45, 2.75) is 39.7 Å². The molecule has 0 saturated carbocycles. The van der Waals surface area contributed by atoms with E-state index < -0.39 is 0 Å². The lowest BCUT2D eigenvalue weighted by Gasteiger charge is -2.26. The maximum absolute atomic E-state index is 12.8. The second kappa shape index (κ2) is 7.21. The molecule has 5 nitrogen and oxygen atoms in total. The molecule has 1 aromatic heterocycles. The highest BCUT2D eigenvalue weighted by molar-refractivity contribution is 5.92. The van der Waals surface area contributed by atoms with Crippen LogP contribution in [0, 0.1) is 13.8 Å². The molecule has 0 N–H and O–H groups in total. The Kier molecular flexibility index (Phi) is 5.02. The number of carbonyl (C=O) groups is 1. The Balaban J connectivity index is 1.76. The minimum atomic E-state index is -0.103. The summed E-state index contributed by atoms with van der Waals surface area (Å²) in [5.41, 5.74) is 3.94. The summed E-state index contributed by atoms with van der Waals surface area (Å²) < 4.78 is 0. The van der Waals surface area contributed by atoms with Gasteiger partial charge in [-0.15, -0.1) is 10.2 Å². The first-order valence-electron chi connectivity index (χ1n) is 8.90. The van der Waals surface area contributed by atoms with Crippen LogP contribution in [0.25, 0.3) is 0 Å².